The van der Waals surface area contributed by atoms with Crippen LogP contribution in [0.25, 0.3) is 22.3 Å². The van der Waals surface area contributed by atoms with Crippen molar-refractivity contribution >= 4 is 31.9 Å². The third-order valence-corrected chi connectivity index (χ3v) is 18.5. The molecule has 232 valence electrons. The van der Waals surface area contributed by atoms with Gasteiger partial charge in [-0.15, -0.1) is 0 Å². The van der Waals surface area contributed by atoms with E-state index in [1.165, 1.54) is 95.4 Å². The highest BCUT2D eigenvalue weighted by molar-refractivity contribution is 9.10. The summed E-state index contributed by atoms with van der Waals surface area (Å²) in [5.41, 5.74) is 20.4. The van der Waals surface area contributed by atoms with Crippen molar-refractivity contribution in [2.45, 2.75) is 93.3 Å². The van der Waals surface area contributed by atoms with Crippen LogP contribution in [0.3, 0.4) is 0 Å². The van der Waals surface area contributed by atoms with Gasteiger partial charge >= 0.3 is 0 Å². The van der Waals surface area contributed by atoms with Gasteiger partial charge in [0, 0.05) is 8.95 Å². The first-order valence-corrected chi connectivity index (χ1v) is 20.5. The molecule has 0 aliphatic heterocycles. The second-order valence-electron chi connectivity index (χ2n) is 18.5. The summed E-state index contributed by atoms with van der Waals surface area (Å²) in [5, 5.41) is 0. The molecule has 0 aromatic heterocycles. The fourth-order valence-electron chi connectivity index (χ4n) is 16.0. The summed E-state index contributed by atoms with van der Waals surface area (Å²) in [6.07, 6.45) is 14.7. The number of benzene rings is 4. The molecule has 6 saturated carbocycles. The van der Waals surface area contributed by atoms with E-state index >= 15 is 0 Å². The zero-order valence-corrected chi connectivity index (χ0v) is 29.9. The van der Waals surface area contributed by atoms with Crippen molar-refractivity contribution < 1.29 is 0 Å². The van der Waals surface area contributed by atoms with Gasteiger partial charge in [-0.2, -0.15) is 0 Å². The molecule has 3 spiro atoms. The van der Waals surface area contributed by atoms with Gasteiger partial charge in [-0.3, -0.25) is 0 Å². The largest absolute Gasteiger partial charge is 0.0726 e. The van der Waals surface area contributed by atoms with Crippen LogP contribution in [0.5, 0.6) is 0 Å². The van der Waals surface area contributed by atoms with Crippen molar-refractivity contribution in [1.29, 1.82) is 0 Å². The van der Waals surface area contributed by atoms with Gasteiger partial charge in [0.2, 0.25) is 0 Å². The molecule has 4 aromatic rings. The standard InChI is InChI=1S/C45H38Br2/c46-29-1-3-31-32-4-2-30(47)12-40(32)45(39(31)11-29)41-15-35-23-7-27-9-25-5-21(17-43(25,27)19-23)33(35)13-37(41)38-14-34-22-6-26-10-28-8-24(20-44(26,28)18-22)36(34)16-42(38)45/h1-4,11-16,21-28H,5-10,17-20H2. The molecule has 0 saturated heterocycles. The molecule has 10 aliphatic carbocycles. The minimum atomic E-state index is -0.263. The molecule has 14 rings (SSSR count). The molecular weight excluding hydrogens is 700 g/mol. The topological polar surface area (TPSA) is 0 Å². The number of fused-ring (bicyclic) bond motifs is 20. The van der Waals surface area contributed by atoms with Gasteiger partial charge in [0.1, 0.15) is 0 Å². The summed E-state index contributed by atoms with van der Waals surface area (Å²) in [6, 6.07) is 25.7. The maximum absolute atomic E-state index is 3.98. The third-order valence-electron chi connectivity index (χ3n) is 17.5. The van der Waals surface area contributed by atoms with Crippen LogP contribution in [0.2, 0.25) is 0 Å². The van der Waals surface area contributed by atoms with Crippen LogP contribution in [0, 0.1) is 34.5 Å². The van der Waals surface area contributed by atoms with E-state index in [4.69, 9.17) is 0 Å². The van der Waals surface area contributed by atoms with E-state index in [-0.39, 0.29) is 5.41 Å². The highest BCUT2D eigenvalue weighted by atomic mass is 79.9. The molecule has 6 fully saturated rings. The van der Waals surface area contributed by atoms with E-state index in [0.29, 0.717) is 10.8 Å². The maximum atomic E-state index is 3.98. The molecule has 0 nitrogen and oxygen atoms in total. The fraction of sp³-hybridized carbons (Fsp3) is 0.467. The molecular formula is C45H38Br2. The smallest absolute Gasteiger partial charge is 0.0530 e. The SMILES string of the molecule is Brc1ccc2c(c1)C1(c3cc(Br)ccc3-2)c2cc3c(cc2-c2cc4c(cc21)C1CC2CC5CC4CC52C1)C1CC2CC4CC3CC24C1. The lowest BCUT2D eigenvalue weighted by Gasteiger charge is -2.48. The van der Waals surface area contributed by atoms with E-state index in [0.717, 1.165) is 47.3 Å². The van der Waals surface area contributed by atoms with Crippen LogP contribution in [0.4, 0.5) is 0 Å². The predicted molar refractivity (Wildman–Crippen MR) is 194 cm³/mol. The van der Waals surface area contributed by atoms with Crippen molar-refractivity contribution in [1.82, 2.24) is 0 Å². The van der Waals surface area contributed by atoms with Crippen molar-refractivity contribution in [3.8, 4) is 22.3 Å². The lowest BCUT2D eigenvalue weighted by atomic mass is 9.56. The molecule has 10 atom stereocenters. The molecule has 10 aliphatic rings. The molecule has 47 heavy (non-hydrogen) atoms. The zero-order valence-electron chi connectivity index (χ0n) is 26.7. The second kappa shape index (κ2) is 7.76. The van der Waals surface area contributed by atoms with Gasteiger partial charge in [0.25, 0.3) is 0 Å². The Balaban J connectivity index is 1.11. The summed E-state index contributed by atoms with van der Waals surface area (Å²) in [4.78, 5) is 0. The Morgan fingerprint density at radius 1 is 0.404 bits per heavy atom. The van der Waals surface area contributed by atoms with E-state index in [2.05, 4.69) is 92.5 Å². The van der Waals surface area contributed by atoms with E-state index in [1.807, 2.05) is 0 Å². The lowest BCUT2D eigenvalue weighted by molar-refractivity contribution is 0.00321. The first kappa shape index (κ1) is 25.8. The summed E-state index contributed by atoms with van der Waals surface area (Å²) in [6.45, 7) is 0. The van der Waals surface area contributed by atoms with Crippen molar-refractivity contribution in [2.75, 3.05) is 0 Å². The first-order valence-electron chi connectivity index (χ1n) is 18.9. The van der Waals surface area contributed by atoms with E-state index in [9.17, 15) is 0 Å². The quantitative estimate of drug-likeness (QED) is 0.146. The van der Waals surface area contributed by atoms with Crippen molar-refractivity contribution in [3.05, 3.63) is 114 Å². The van der Waals surface area contributed by atoms with Crippen molar-refractivity contribution in [3.63, 3.8) is 0 Å². The summed E-state index contributed by atoms with van der Waals surface area (Å²) < 4.78 is 2.40. The second-order valence-corrected chi connectivity index (χ2v) is 20.3. The molecule has 6 bridgehead atoms. The lowest BCUT2D eigenvalue weighted by Crippen LogP contribution is -2.41. The van der Waals surface area contributed by atoms with Crippen molar-refractivity contribution in [2.24, 2.45) is 34.5 Å². The highest BCUT2D eigenvalue weighted by Gasteiger charge is 2.67. The van der Waals surface area contributed by atoms with Gasteiger partial charge in [0.05, 0.1) is 5.41 Å². The van der Waals surface area contributed by atoms with Gasteiger partial charge in [0.15, 0.2) is 0 Å². The monoisotopic (exact) mass is 736 g/mol. The molecule has 4 aromatic carbocycles. The number of hydrogen-bond acceptors (Lipinski definition) is 0. The Labute approximate surface area is 294 Å². The maximum Gasteiger partial charge on any atom is 0.0726 e. The van der Waals surface area contributed by atoms with E-state index < -0.39 is 0 Å². The Hall–Kier alpha value is -2.16. The van der Waals surface area contributed by atoms with Crippen LogP contribution in [0.1, 0.15) is 132 Å². The summed E-state index contributed by atoms with van der Waals surface area (Å²) in [7, 11) is 0. The fourth-order valence-corrected chi connectivity index (χ4v) is 16.7. The molecule has 0 heterocycles. The molecule has 2 heteroatoms. The van der Waals surface area contributed by atoms with Gasteiger partial charge < -0.3 is 0 Å². The normalized spacial score (nSPS) is 40.9. The third kappa shape index (κ3) is 2.60. The minimum Gasteiger partial charge on any atom is -0.0530 e. The highest BCUT2D eigenvalue weighted by Crippen LogP contribution is 2.78. The van der Waals surface area contributed by atoms with Gasteiger partial charge in [-0.25, -0.2) is 0 Å². The first-order chi connectivity index (χ1) is 22.9. The Kier molecular flexibility index (Phi) is 4.25. The van der Waals surface area contributed by atoms with Gasteiger partial charge in [-0.1, -0.05) is 68.3 Å². The molecule has 10 unspecified atom stereocenters. The Morgan fingerprint density at radius 3 is 1.17 bits per heavy atom. The average Bonchev–Trinajstić information content (AvgIpc) is 3.82. The number of hydrogen-bond donors (Lipinski definition) is 0. The van der Waals surface area contributed by atoms with E-state index in [1.54, 1.807) is 44.5 Å². The molecule has 0 amide bonds. The Bertz CT molecular complexity index is 2070. The number of rotatable bonds is 0. The van der Waals surface area contributed by atoms with Crippen LogP contribution < -0.4 is 0 Å². The van der Waals surface area contributed by atoms with Crippen LogP contribution in [-0.2, 0) is 5.41 Å². The predicted octanol–water partition coefficient (Wildman–Crippen LogP) is 12.3. The summed E-state index contributed by atoms with van der Waals surface area (Å²) >= 11 is 7.97. The van der Waals surface area contributed by atoms with Crippen LogP contribution in [-0.4, -0.2) is 0 Å². The number of halogens is 2. The Morgan fingerprint density at radius 2 is 0.766 bits per heavy atom. The zero-order chi connectivity index (χ0) is 30.3. The molecule has 0 N–H and O–H groups in total. The van der Waals surface area contributed by atoms with Crippen LogP contribution >= 0.6 is 31.9 Å². The van der Waals surface area contributed by atoms with Gasteiger partial charge in [-0.05, 0) is 213 Å². The minimum absolute atomic E-state index is 0.263. The van der Waals surface area contributed by atoms with Crippen LogP contribution in [0.15, 0.2) is 69.6 Å². The average molecular weight is 739 g/mol. The summed E-state index contributed by atoms with van der Waals surface area (Å²) in [5.74, 6) is 7.10. The molecule has 0 radical (unpaired) electrons.